The fraction of sp³-hybridized carbons (Fsp3) is 0.280. The second-order valence-electron chi connectivity index (χ2n) is 7.57. The van der Waals surface area contributed by atoms with Crippen molar-refractivity contribution in [3.63, 3.8) is 0 Å². The van der Waals surface area contributed by atoms with Gasteiger partial charge >= 0.3 is 0 Å². The van der Waals surface area contributed by atoms with Gasteiger partial charge in [-0.05, 0) is 91.6 Å². The molecule has 0 amide bonds. The van der Waals surface area contributed by atoms with Gasteiger partial charge in [-0.2, -0.15) is 0 Å². The fourth-order valence-corrected chi connectivity index (χ4v) is 3.83. The molecule has 0 unspecified atom stereocenters. The van der Waals surface area contributed by atoms with Crippen molar-refractivity contribution in [1.29, 1.82) is 0 Å². The lowest BCUT2D eigenvalue weighted by molar-refractivity contribution is 0.470. The third-order valence-corrected chi connectivity index (χ3v) is 5.48. The molecule has 2 N–H and O–H groups in total. The Bertz CT molecular complexity index is 885. The Morgan fingerprint density at radius 1 is 0.667 bits per heavy atom. The van der Waals surface area contributed by atoms with Gasteiger partial charge in [0.25, 0.3) is 0 Å². The number of hydrogen-bond donors (Lipinski definition) is 2. The molecule has 0 spiro atoms. The van der Waals surface area contributed by atoms with E-state index in [1.54, 1.807) is 0 Å². The molecular formula is C25H28O2. The molecule has 0 saturated carbocycles. The molecule has 0 bridgehead atoms. The summed E-state index contributed by atoms with van der Waals surface area (Å²) < 4.78 is 0. The zero-order valence-electron chi connectivity index (χ0n) is 16.6. The van der Waals surface area contributed by atoms with Crippen LogP contribution in [0.15, 0.2) is 54.6 Å². The SMILES string of the molecule is Cc1cc(C(CCc2ccccc2)c2cc(C)c(O)cc2C)c(C)cc1O. The molecular weight excluding hydrogens is 332 g/mol. The zero-order chi connectivity index (χ0) is 19.6. The highest BCUT2D eigenvalue weighted by atomic mass is 16.3. The highest BCUT2D eigenvalue weighted by Crippen LogP contribution is 2.37. The molecule has 0 aliphatic heterocycles. The zero-order valence-corrected chi connectivity index (χ0v) is 16.6. The van der Waals surface area contributed by atoms with Crippen LogP contribution in [-0.4, -0.2) is 10.2 Å². The Morgan fingerprint density at radius 2 is 1.15 bits per heavy atom. The van der Waals surface area contributed by atoms with Crippen molar-refractivity contribution in [3.8, 4) is 11.5 Å². The Hall–Kier alpha value is -2.74. The summed E-state index contributed by atoms with van der Waals surface area (Å²) in [5.41, 5.74) is 7.80. The Labute approximate surface area is 162 Å². The van der Waals surface area contributed by atoms with Gasteiger partial charge < -0.3 is 10.2 Å². The van der Waals surface area contributed by atoms with Gasteiger partial charge in [0.1, 0.15) is 11.5 Å². The van der Waals surface area contributed by atoms with Crippen LogP contribution in [0.2, 0.25) is 0 Å². The van der Waals surface area contributed by atoms with E-state index in [-0.39, 0.29) is 5.92 Å². The van der Waals surface area contributed by atoms with Gasteiger partial charge in [0.2, 0.25) is 0 Å². The predicted octanol–water partition coefficient (Wildman–Crippen LogP) is 6.10. The van der Waals surface area contributed by atoms with Gasteiger partial charge in [-0.1, -0.05) is 42.5 Å². The van der Waals surface area contributed by atoms with Gasteiger partial charge in [0.05, 0.1) is 0 Å². The monoisotopic (exact) mass is 360 g/mol. The molecule has 0 atom stereocenters. The Kier molecular flexibility index (Phi) is 5.55. The maximum absolute atomic E-state index is 10.1. The number of benzene rings is 3. The second-order valence-corrected chi connectivity index (χ2v) is 7.57. The predicted molar refractivity (Wildman–Crippen MR) is 112 cm³/mol. The lowest BCUT2D eigenvalue weighted by Gasteiger charge is -2.24. The van der Waals surface area contributed by atoms with Crippen molar-refractivity contribution in [1.82, 2.24) is 0 Å². The summed E-state index contributed by atoms with van der Waals surface area (Å²) in [6, 6.07) is 18.5. The summed E-state index contributed by atoms with van der Waals surface area (Å²) in [4.78, 5) is 0. The number of aryl methyl sites for hydroxylation is 5. The number of phenolic OH excluding ortho intramolecular Hbond substituents is 2. The first-order valence-electron chi connectivity index (χ1n) is 9.51. The summed E-state index contributed by atoms with van der Waals surface area (Å²) in [7, 11) is 0. The van der Waals surface area contributed by atoms with Crippen LogP contribution in [0.1, 0.15) is 51.3 Å². The average Bonchev–Trinajstić information content (AvgIpc) is 2.64. The number of phenols is 2. The first kappa shape index (κ1) is 19.0. The molecule has 0 saturated heterocycles. The van der Waals surface area contributed by atoms with Crippen LogP contribution in [0.3, 0.4) is 0 Å². The minimum absolute atomic E-state index is 0.212. The third-order valence-electron chi connectivity index (χ3n) is 5.48. The van der Waals surface area contributed by atoms with Gasteiger partial charge in [-0.3, -0.25) is 0 Å². The quantitative estimate of drug-likeness (QED) is 0.577. The van der Waals surface area contributed by atoms with Crippen molar-refractivity contribution >= 4 is 0 Å². The first-order chi connectivity index (χ1) is 12.9. The molecule has 0 fully saturated rings. The van der Waals surface area contributed by atoms with Crippen molar-refractivity contribution in [2.24, 2.45) is 0 Å². The molecule has 3 aromatic carbocycles. The molecule has 0 aromatic heterocycles. The minimum atomic E-state index is 0.212. The van der Waals surface area contributed by atoms with Crippen LogP contribution in [0.4, 0.5) is 0 Å². The van der Waals surface area contributed by atoms with E-state index in [4.69, 9.17) is 0 Å². The van der Waals surface area contributed by atoms with Crippen LogP contribution in [0.25, 0.3) is 0 Å². The lowest BCUT2D eigenvalue weighted by Crippen LogP contribution is -2.08. The fourth-order valence-electron chi connectivity index (χ4n) is 3.83. The average molecular weight is 360 g/mol. The number of rotatable bonds is 5. The van der Waals surface area contributed by atoms with Crippen LogP contribution < -0.4 is 0 Å². The first-order valence-corrected chi connectivity index (χ1v) is 9.51. The summed E-state index contributed by atoms with van der Waals surface area (Å²) in [6.45, 7) is 8.02. The van der Waals surface area contributed by atoms with E-state index in [1.165, 1.54) is 16.7 Å². The summed E-state index contributed by atoms with van der Waals surface area (Å²) in [5.74, 6) is 0.900. The molecule has 0 radical (unpaired) electrons. The molecule has 27 heavy (non-hydrogen) atoms. The highest BCUT2D eigenvalue weighted by Gasteiger charge is 2.20. The summed E-state index contributed by atoms with van der Waals surface area (Å²) in [5, 5.41) is 20.2. The van der Waals surface area contributed by atoms with E-state index in [0.717, 1.165) is 35.1 Å². The normalized spacial score (nSPS) is 11.1. The maximum Gasteiger partial charge on any atom is 0.118 e. The smallest absolute Gasteiger partial charge is 0.118 e. The van der Waals surface area contributed by atoms with Gasteiger partial charge in [0, 0.05) is 5.92 Å². The van der Waals surface area contributed by atoms with Crippen molar-refractivity contribution in [3.05, 3.63) is 93.5 Å². The van der Waals surface area contributed by atoms with E-state index < -0.39 is 0 Å². The largest absolute Gasteiger partial charge is 0.508 e. The highest BCUT2D eigenvalue weighted by molar-refractivity contribution is 5.50. The van der Waals surface area contributed by atoms with Crippen molar-refractivity contribution in [2.75, 3.05) is 0 Å². The van der Waals surface area contributed by atoms with E-state index in [0.29, 0.717) is 11.5 Å². The van der Waals surface area contributed by atoms with Crippen LogP contribution in [-0.2, 0) is 6.42 Å². The second kappa shape index (κ2) is 7.87. The number of hydrogen-bond acceptors (Lipinski definition) is 2. The maximum atomic E-state index is 10.1. The van der Waals surface area contributed by atoms with Crippen LogP contribution in [0, 0.1) is 27.7 Å². The molecule has 140 valence electrons. The van der Waals surface area contributed by atoms with E-state index in [2.05, 4.69) is 50.2 Å². The number of aromatic hydroxyl groups is 2. The van der Waals surface area contributed by atoms with E-state index in [1.807, 2.05) is 32.0 Å². The molecule has 3 aromatic rings. The molecule has 2 heteroatoms. The molecule has 3 rings (SSSR count). The van der Waals surface area contributed by atoms with Gasteiger partial charge in [-0.25, -0.2) is 0 Å². The van der Waals surface area contributed by atoms with Crippen LogP contribution >= 0.6 is 0 Å². The van der Waals surface area contributed by atoms with E-state index in [9.17, 15) is 10.2 Å². The Balaban J connectivity index is 2.06. The molecule has 0 heterocycles. The topological polar surface area (TPSA) is 40.5 Å². The van der Waals surface area contributed by atoms with E-state index >= 15 is 0 Å². The van der Waals surface area contributed by atoms with Crippen molar-refractivity contribution in [2.45, 2.75) is 46.5 Å². The summed E-state index contributed by atoms with van der Waals surface area (Å²) >= 11 is 0. The van der Waals surface area contributed by atoms with Crippen molar-refractivity contribution < 1.29 is 10.2 Å². The molecule has 0 aliphatic rings. The standard InChI is InChI=1S/C25H28O2/c1-16-14-24(26)18(3)12-22(16)21(11-10-20-8-6-5-7-9-20)23-13-19(4)25(27)15-17(23)2/h5-9,12-15,21,26-27H,10-11H2,1-4H3. The molecule has 0 aliphatic carbocycles. The third kappa shape index (κ3) is 4.16. The molecule has 2 nitrogen and oxygen atoms in total. The van der Waals surface area contributed by atoms with Gasteiger partial charge in [-0.15, -0.1) is 0 Å². The lowest BCUT2D eigenvalue weighted by atomic mass is 9.81. The van der Waals surface area contributed by atoms with Gasteiger partial charge in [0.15, 0.2) is 0 Å². The minimum Gasteiger partial charge on any atom is -0.508 e. The Morgan fingerprint density at radius 3 is 1.63 bits per heavy atom. The summed E-state index contributed by atoms with van der Waals surface area (Å²) in [6.07, 6.45) is 1.95. The van der Waals surface area contributed by atoms with Crippen LogP contribution in [0.5, 0.6) is 11.5 Å².